The molecule has 7 heteroatoms. The largest absolute Gasteiger partial charge is 0.365 e. The second-order valence-corrected chi connectivity index (χ2v) is 4.60. The minimum Gasteiger partial charge on any atom is -0.365 e. The Morgan fingerprint density at radius 3 is 2.60 bits per heavy atom. The second-order valence-electron chi connectivity index (χ2n) is 4.60. The Hall–Kier alpha value is -2.70. The summed E-state index contributed by atoms with van der Waals surface area (Å²) < 4.78 is 5.06. The number of aromatic nitrogens is 2. The van der Waals surface area contributed by atoms with E-state index in [1.165, 1.54) is 0 Å². The summed E-state index contributed by atoms with van der Waals surface area (Å²) in [7, 11) is 0. The molecule has 102 valence electrons. The Morgan fingerprint density at radius 1 is 1.30 bits per heavy atom. The van der Waals surface area contributed by atoms with Crippen molar-refractivity contribution < 1.29 is 14.1 Å². The van der Waals surface area contributed by atoms with E-state index in [0.29, 0.717) is 11.3 Å². The number of primary amides is 1. The fraction of sp³-hybridized carbons (Fsp3) is 0.231. The van der Waals surface area contributed by atoms with Crippen LogP contribution < -0.4 is 11.1 Å². The number of anilines is 1. The number of amides is 2. The molecule has 0 aliphatic heterocycles. The molecule has 1 aliphatic rings. The minimum absolute atomic E-state index is 0.00112. The Kier molecular flexibility index (Phi) is 2.94. The van der Waals surface area contributed by atoms with Gasteiger partial charge in [0.25, 0.3) is 5.91 Å². The van der Waals surface area contributed by atoms with E-state index >= 15 is 0 Å². The van der Waals surface area contributed by atoms with Crippen molar-refractivity contribution in [3.05, 3.63) is 30.1 Å². The highest BCUT2D eigenvalue weighted by molar-refractivity contribution is 6.06. The minimum atomic E-state index is -0.704. The SMILES string of the molecule is NC(=O)c1c(-c2ccncc2)noc1NC(=O)C1CC1. The van der Waals surface area contributed by atoms with Crippen LogP contribution in [0.25, 0.3) is 11.3 Å². The molecule has 1 saturated carbocycles. The van der Waals surface area contributed by atoms with Gasteiger partial charge in [0.1, 0.15) is 11.3 Å². The quantitative estimate of drug-likeness (QED) is 0.868. The highest BCUT2D eigenvalue weighted by Crippen LogP contribution is 2.32. The van der Waals surface area contributed by atoms with Crippen molar-refractivity contribution in [3.63, 3.8) is 0 Å². The zero-order chi connectivity index (χ0) is 14.1. The van der Waals surface area contributed by atoms with E-state index in [0.717, 1.165) is 12.8 Å². The molecule has 0 aromatic carbocycles. The van der Waals surface area contributed by atoms with E-state index in [9.17, 15) is 9.59 Å². The summed E-state index contributed by atoms with van der Waals surface area (Å²) in [4.78, 5) is 27.2. The summed E-state index contributed by atoms with van der Waals surface area (Å²) in [5.74, 6) is -0.888. The maximum Gasteiger partial charge on any atom is 0.256 e. The Bertz CT molecular complexity index is 662. The molecule has 2 amide bonds. The molecule has 1 aliphatic carbocycles. The molecule has 2 aromatic heterocycles. The first-order valence-corrected chi connectivity index (χ1v) is 6.17. The van der Waals surface area contributed by atoms with Crippen molar-refractivity contribution in [3.8, 4) is 11.3 Å². The Balaban J connectivity index is 1.97. The van der Waals surface area contributed by atoms with E-state index in [4.69, 9.17) is 10.3 Å². The maximum absolute atomic E-state index is 11.7. The normalized spacial score (nSPS) is 14.0. The Morgan fingerprint density at radius 2 is 2.00 bits per heavy atom. The number of hydrogen-bond acceptors (Lipinski definition) is 5. The van der Waals surface area contributed by atoms with Crippen LogP contribution in [0.4, 0.5) is 5.88 Å². The molecule has 3 rings (SSSR count). The van der Waals surface area contributed by atoms with Gasteiger partial charge in [0, 0.05) is 23.9 Å². The molecule has 0 bridgehead atoms. The highest BCUT2D eigenvalue weighted by Gasteiger charge is 2.32. The molecule has 0 atom stereocenters. The lowest BCUT2D eigenvalue weighted by atomic mass is 10.1. The number of nitrogens with zero attached hydrogens (tertiary/aromatic N) is 2. The predicted octanol–water partition coefficient (Wildman–Crippen LogP) is 1.18. The van der Waals surface area contributed by atoms with Crippen LogP contribution >= 0.6 is 0 Å². The number of hydrogen-bond donors (Lipinski definition) is 2. The van der Waals surface area contributed by atoms with Crippen molar-refractivity contribution in [1.29, 1.82) is 0 Å². The highest BCUT2D eigenvalue weighted by atomic mass is 16.5. The summed E-state index contributed by atoms with van der Waals surface area (Å²) >= 11 is 0. The van der Waals surface area contributed by atoms with Crippen molar-refractivity contribution in [2.24, 2.45) is 11.7 Å². The van der Waals surface area contributed by atoms with Gasteiger partial charge in [-0.15, -0.1) is 0 Å². The predicted molar refractivity (Wildman–Crippen MR) is 69.6 cm³/mol. The third-order valence-corrected chi connectivity index (χ3v) is 3.08. The van der Waals surface area contributed by atoms with Gasteiger partial charge in [-0.25, -0.2) is 0 Å². The molecule has 2 aromatic rings. The first-order chi connectivity index (χ1) is 9.66. The number of carbonyl (C=O) groups excluding carboxylic acids is 2. The number of pyridine rings is 1. The third-order valence-electron chi connectivity index (χ3n) is 3.08. The maximum atomic E-state index is 11.7. The van der Waals surface area contributed by atoms with Crippen molar-refractivity contribution in [2.45, 2.75) is 12.8 Å². The van der Waals surface area contributed by atoms with Gasteiger partial charge in [0.2, 0.25) is 11.8 Å². The standard InChI is InChI=1S/C13H12N4O3/c14-11(18)9-10(7-3-5-15-6-4-7)17-20-13(9)16-12(19)8-1-2-8/h3-6,8H,1-2H2,(H2,14,18)(H,16,19). The smallest absolute Gasteiger partial charge is 0.256 e. The van der Waals surface area contributed by atoms with Crippen LogP contribution in [-0.2, 0) is 4.79 Å². The van der Waals surface area contributed by atoms with Gasteiger partial charge in [0.15, 0.2) is 0 Å². The number of nitrogens with one attached hydrogen (secondary N) is 1. The second kappa shape index (κ2) is 4.76. The molecule has 7 nitrogen and oxygen atoms in total. The number of carbonyl (C=O) groups is 2. The van der Waals surface area contributed by atoms with Crippen LogP contribution in [-0.4, -0.2) is 22.0 Å². The van der Waals surface area contributed by atoms with E-state index in [1.807, 2.05) is 0 Å². The summed E-state index contributed by atoms with van der Waals surface area (Å²) in [6, 6.07) is 3.35. The topological polar surface area (TPSA) is 111 Å². The molecule has 20 heavy (non-hydrogen) atoms. The van der Waals surface area contributed by atoms with Gasteiger partial charge in [-0.3, -0.25) is 19.9 Å². The van der Waals surface area contributed by atoms with Crippen LogP contribution in [0.15, 0.2) is 29.0 Å². The van der Waals surface area contributed by atoms with E-state index in [-0.39, 0.29) is 23.3 Å². The molecular formula is C13H12N4O3. The van der Waals surface area contributed by atoms with Crippen LogP contribution in [0.5, 0.6) is 0 Å². The van der Waals surface area contributed by atoms with Crippen LogP contribution in [0.2, 0.25) is 0 Å². The average molecular weight is 272 g/mol. The molecular weight excluding hydrogens is 260 g/mol. The van der Waals surface area contributed by atoms with E-state index < -0.39 is 5.91 Å². The lowest BCUT2D eigenvalue weighted by Crippen LogP contribution is -2.18. The molecule has 0 spiro atoms. The molecule has 0 saturated heterocycles. The van der Waals surface area contributed by atoms with Crippen molar-refractivity contribution in [1.82, 2.24) is 10.1 Å². The van der Waals surface area contributed by atoms with Crippen molar-refractivity contribution in [2.75, 3.05) is 5.32 Å². The van der Waals surface area contributed by atoms with E-state index in [1.54, 1.807) is 24.5 Å². The number of nitrogens with two attached hydrogens (primary N) is 1. The first-order valence-electron chi connectivity index (χ1n) is 6.17. The van der Waals surface area contributed by atoms with Gasteiger partial charge in [-0.2, -0.15) is 0 Å². The number of rotatable bonds is 4. The molecule has 3 N–H and O–H groups in total. The van der Waals surface area contributed by atoms with Gasteiger partial charge in [0.05, 0.1) is 0 Å². The van der Waals surface area contributed by atoms with Crippen molar-refractivity contribution >= 4 is 17.7 Å². The zero-order valence-electron chi connectivity index (χ0n) is 10.5. The first kappa shape index (κ1) is 12.3. The van der Waals surface area contributed by atoms with Gasteiger partial charge >= 0.3 is 0 Å². The molecule has 1 fully saturated rings. The zero-order valence-corrected chi connectivity index (χ0v) is 10.5. The van der Waals surface area contributed by atoms with Crippen LogP contribution in [0.3, 0.4) is 0 Å². The van der Waals surface area contributed by atoms with Gasteiger partial charge < -0.3 is 10.3 Å². The molecule has 0 radical (unpaired) electrons. The summed E-state index contributed by atoms with van der Waals surface area (Å²) in [6.45, 7) is 0. The summed E-state index contributed by atoms with van der Waals surface area (Å²) in [6.07, 6.45) is 4.83. The molecule has 0 unspecified atom stereocenters. The lowest BCUT2D eigenvalue weighted by Gasteiger charge is -2.01. The monoisotopic (exact) mass is 272 g/mol. The van der Waals surface area contributed by atoms with Crippen LogP contribution in [0, 0.1) is 5.92 Å². The lowest BCUT2D eigenvalue weighted by molar-refractivity contribution is -0.117. The van der Waals surface area contributed by atoms with Gasteiger partial charge in [-0.1, -0.05) is 5.16 Å². The molecule has 2 heterocycles. The third kappa shape index (κ3) is 2.25. The fourth-order valence-electron chi connectivity index (χ4n) is 1.87. The Labute approximate surface area is 114 Å². The van der Waals surface area contributed by atoms with Crippen LogP contribution in [0.1, 0.15) is 23.2 Å². The van der Waals surface area contributed by atoms with Gasteiger partial charge in [-0.05, 0) is 25.0 Å². The summed E-state index contributed by atoms with van der Waals surface area (Å²) in [5, 5.41) is 6.38. The average Bonchev–Trinajstić information content (AvgIpc) is 3.21. The fourth-order valence-corrected chi connectivity index (χ4v) is 1.87. The summed E-state index contributed by atoms with van der Waals surface area (Å²) in [5.41, 5.74) is 6.37. The van der Waals surface area contributed by atoms with E-state index in [2.05, 4.69) is 15.5 Å².